The summed E-state index contributed by atoms with van der Waals surface area (Å²) >= 11 is 0. The minimum absolute atomic E-state index is 0.0175. The molecule has 1 amide bonds. The van der Waals surface area contributed by atoms with Crippen LogP contribution in [0.3, 0.4) is 0 Å². The topological polar surface area (TPSA) is 48.0 Å². The Balaban J connectivity index is 1.76. The molecule has 0 N–H and O–H groups in total. The first-order valence-corrected chi connectivity index (χ1v) is 7.86. The molecule has 122 valence electrons. The van der Waals surface area contributed by atoms with Crippen molar-refractivity contribution in [2.45, 2.75) is 19.8 Å². The van der Waals surface area contributed by atoms with E-state index in [-0.39, 0.29) is 12.5 Å². The van der Waals surface area contributed by atoms with Crippen LogP contribution in [0.2, 0.25) is 0 Å². The third-order valence-corrected chi connectivity index (χ3v) is 3.76. The number of hydrogen-bond donors (Lipinski definition) is 0. The van der Waals surface area contributed by atoms with Gasteiger partial charge in [-0.2, -0.15) is 0 Å². The summed E-state index contributed by atoms with van der Waals surface area (Å²) in [5.41, 5.74) is 0. The number of ether oxygens (including phenoxy) is 3. The predicted octanol–water partition coefficient (Wildman–Crippen LogP) is 2.35. The Kier molecular flexibility index (Phi) is 6.52. The van der Waals surface area contributed by atoms with Crippen molar-refractivity contribution >= 4 is 5.91 Å². The van der Waals surface area contributed by atoms with Crippen LogP contribution in [-0.4, -0.2) is 50.8 Å². The Hall–Kier alpha value is -1.75. The predicted molar refractivity (Wildman–Crippen MR) is 84.3 cm³/mol. The fourth-order valence-corrected chi connectivity index (χ4v) is 2.56. The quantitative estimate of drug-likeness (QED) is 0.692. The third kappa shape index (κ3) is 4.63. The standard InChI is InChI=1S/C17H25NO4/c1-3-10-21-12-14-8-9-18(11-14)17(19)13-22-16-7-5-4-6-15(16)20-2/h4-7,14H,3,8-13H2,1-2H3/t14-/m0/s1. The van der Waals surface area contributed by atoms with Gasteiger partial charge in [0.1, 0.15) is 0 Å². The van der Waals surface area contributed by atoms with E-state index in [9.17, 15) is 4.79 Å². The number of nitrogens with zero attached hydrogens (tertiary/aromatic N) is 1. The number of carbonyl (C=O) groups excluding carboxylic acids is 1. The van der Waals surface area contributed by atoms with Crippen LogP contribution in [0.5, 0.6) is 11.5 Å². The van der Waals surface area contributed by atoms with Gasteiger partial charge in [0.15, 0.2) is 18.1 Å². The number of methoxy groups -OCH3 is 1. The number of para-hydroxylation sites is 2. The summed E-state index contributed by atoms with van der Waals surface area (Å²) in [4.78, 5) is 14.1. The van der Waals surface area contributed by atoms with Crippen LogP contribution in [0.1, 0.15) is 19.8 Å². The van der Waals surface area contributed by atoms with Crippen LogP contribution in [0, 0.1) is 5.92 Å². The molecule has 2 rings (SSSR count). The molecule has 1 atom stereocenters. The van der Waals surface area contributed by atoms with Gasteiger partial charge >= 0.3 is 0 Å². The molecule has 1 saturated heterocycles. The highest BCUT2D eigenvalue weighted by Crippen LogP contribution is 2.26. The van der Waals surface area contributed by atoms with E-state index in [2.05, 4.69) is 6.92 Å². The lowest BCUT2D eigenvalue weighted by Gasteiger charge is -2.17. The Morgan fingerprint density at radius 3 is 2.82 bits per heavy atom. The summed E-state index contributed by atoms with van der Waals surface area (Å²) < 4.78 is 16.4. The molecule has 1 aliphatic rings. The smallest absolute Gasteiger partial charge is 0.260 e. The molecule has 0 unspecified atom stereocenters. The van der Waals surface area contributed by atoms with Gasteiger partial charge < -0.3 is 19.1 Å². The Labute approximate surface area is 132 Å². The van der Waals surface area contributed by atoms with Gasteiger partial charge in [-0.1, -0.05) is 19.1 Å². The van der Waals surface area contributed by atoms with E-state index in [1.54, 1.807) is 13.2 Å². The van der Waals surface area contributed by atoms with E-state index in [0.29, 0.717) is 17.4 Å². The maximum atomic E-state index is 12.2. The molecule has 0 radical (unpaired) electrons. The van der Waals surface area contributed by atoms with Gasteiger partial charge in [0, 0.05) is 25.6 Å². The van der Waals surface area contributed by atoms with Gasteiger partial charge in [-0.3, -0.25) is 4.79 Å². The van der Waals surface area contributed by atoms with Gasteiger partial charge in [-0.05, 0) is 25.0 Å². The highest BCUT2D eigenvalue weighted by Gasteiger charge is 2.26. The number of benzene rings is 1. The SMILES string of the molecule is CCCOC[C@H]1CCN(C(=O)COc2ccccc2OC)C1. The second-order valence-corrected chi connectivity index (χ2v) is 5.51. The summed E-state index contributed by atoms with van der Waals surface area (Å²) in [5.74, 6) is 1.70. The monoisotopic (exact) mass is 307 g/mol. The molecule has 0 aliphatic carbocycles. The number of amides is 1. The highest BCUT2D eigenvalue weighted by atomic mass is 16.5. The van der Waals surface area contributed by atoms with Crippen molar-refractivity contribution < 1.29 is 19.0 Å². The van der Waals surface area contributed by atoms with Crippen LogP contribution in [0.25, 0.3) is 0 Å². The lowest BCUT2D eigenvalue weighted by molar-refractivity contribution is -0.132. The van der Waals surface area contributed by atoms with Gasteiger partial charge in [0.25, 0.3) is 5.91 Å². The largest absolute Gasteiger partial charge is 0.493 e. The lowest BCUT2D eigenvalue weighted by Crippen LogP contribution is -2.33. The first-order valence-electron chi connectivity index (χ1n) is 7.86. The van der Waals surface area contributed by atoms with Crippen molar-refractivity contribution in [3.8, 4) is 11.5 Å². The van der Waals surface area contributed by atoms with Gasteiger partial charge in [0.2, 0.25) is 0 Å². The maximum absolute atomic E-state index is 12.2. The molecule has 1 aromatic rings. The van der Waals surface area contributed by atoms with Gasteiger partial charge in [-0.15, -0.1) is 0 Å². The number of rotatable bonds is 8. The van der Waals surface area contributed by atoms with Crippen LogP contribution in [0.15, 0.2) is 24.3 Å². The summed E-state index contributed by atoms with van der Waals surface area (Å²) in [5, 5.41) is 0. The van der Waals surface area contributed by atoms with E-state index in [4.69, 9.17) is 14.2 Å². The van der Waals surface area contributed by atoms with Crippen molar-refractivity contribution in [2.24, 2.45) is 5.92 Å². The van der Waals surface area contributed by atoms with Crippen LogP contribution >= 0.6 is 0 Å². The van der Waals surface area contributed by atoms with Crippen molar-refractivity contribution in [1.29, 1.82) is 0 Å². The zero-order chi connectivity index (χ0) is 15.8. The van der Waals surface area contributed by atoms with Gasteiger partial charge in [0.05, 0.1) is 13.7 Å². The minimum atomic E-state index is 0.0175. The second kappa shape index (κ2) is 8.63. The molecule has 1 aliphatic heterocycles. The molecule has 0 spiro atoms. The Morgan fingerprint density at radius 2 is 2.09 bits per heavy atom. The zero-order valence-electron chi connectivity index (χ0n) is 13.4. The molecule has 1 heterocycles. The molecule has 1 fully saturated rings. The lowest BCUT2D eigenvalue weighted by atomic mass is 10.1. The first kappa shape index (κ1) is 16.6. The molecule has 5 nitrogen and oxygen atoms in total. The Bertz CT molecular complexity index is 477. The van der Waals surface area contributed by atoms with Crippen molar-refractivity contribution in [1.82, 2.24) is 4.90 Å². The molecular weight excluding hydrogens is 282 g/mol. The van der Waals surface area contributed by atoms with E-state index >= 15 is 0 Å². The van der Waals surface area contributed by atoms with Gasteiger partial charge in [-0.25, -0.2) is 0 Å². The zero-order valence-corrected chi connectivity index (χ0v) is 13.4. The maximum Gasteiger partial charge on any atom is 0.260 e. The molecular formula is C17H25NO4. The minimum Gasteiger partial charge on any atom is -0.493 e. The fourth-order valence-electron chi connectivity index (χ4n) is 2.56. The molecule has 1 aromatic carbocycles. The van der Waals surface area contributed by atoms with E-state index in [1.165, 1.54) is 0 Å². The van der Waals surface area contributed by atoms with E-state index in [0.717, 1.165) is 39.1 Å². The molecule has 0 aromatic heterocycles. The van der Waals surface area contributed by atoms with Crippen molar-refractivity contribution in [3.05, 3.63) is 24.3 Å². The van der Waals surface area contributed by atoms with Crippen LogP contribution < -0.4 is 9.47 Å². The molecule has 0 bridgehead atoms. The van der Waals surface area contributed by atoms with E-state index < -0.39 is 0 Å². The number of likely N-dealkylation sites (tertiary alicyclic amines) is 1. The molecule has 22 heavy (non-hydrogen) atoms. The fraction of sp³-hybridized carbons (Fsp3) is 0.588. The average Bonchev–Trinajstić information content (AvgIpc) is 3.02. The molecule has 0 saturated carbocycles. The average molecular weight is 307 g/mol. The summed E-state index contributed by atoms with van der Waals surface area (Å²) in [6.07, 6.45) is 2.03. The number of carbonyl (C=O) groups is 1. The van der Waals surface area contributed by atoms with Crippen LogP contribution in [0.4, 0.5) is 0 Å². The Morgan fingerprint density at radius 1 is 1.32 bits per heavy atom. The second-order valence-electron chi connectivity index (χ2n) is 5.51. The third-order valence-electron chi connectivity index (χ3n) is 3.76. The highest BCUT2D eigenvalue weighted by molar-refractivity contribution is 5.78. The summed E-state index contributed by atoms with van der Waals surface area (Å²) in [6.45, 7) is 5.22. The van der Waals surface area contributed by atoms with Crippen molar-refractivity contribution in [2.75, 3.05) is 40.0 Å². The molecule has 5 heteroatoms. The normalized spacial score (nSPS) is 17.5. The van der Waals surface area contributed by atoms with Crippen molar-refractivity contribution in [3.63, 3.8) is 0 Å². The summed E-state index contributed by atoms with van der Waals surface area (Å²) in [6, 6.07) is 7.35. The first-order chi connectivity index (χ1) is 10.7. The van der Waals surface area contributed by atoms with E-state index in [1.807, 2.05) is 23.1 Å². The summed E-state index contributed by atoms with van der Waals surface area (Å²) in [7, 11) is 1.59. The number of hydrogen-bond acceptors (Lipinski definition) is 4. The van der Waals surface area contributed by atoms with Crippen LogP contribution in [-0.2, 0) is 9.53 Å².